The zero-order valence-electron chi connectivity index (χ0n) is 16.9. The zero-order valence-corrected chi connectivity index (χ0v) is 16.9. The molecule has 0 aliphatic heterocycles. The summed E-state index contributed by atoms with van der Waals surface area (Å²) in [5.41, 5.74) is 2.40. The number of nitrogens with one attached hydrogen (secondary N) is 2. The molecule has 3 rings (SSSR count). The standard InChI is InChI=1S/C23H25N3O3/c1-5-21(27)24-13-20(19-11-10-17-8-6-7-9-18(17)12-19)25-23(28)14(2)22-15(3)26-29-16(22)4/h5-12,14,20H,1,13H2,2-4H3,(H,24,27)(H,25,28). The van der Waals surface area contributed by atoms with Crippen molar-refractivity contribution in [2.45, 2.75) is 32.7 Å². The Labute approximate surface area is 170 Å². The van der Waals surface area contributed by atoms with Crippen molar-refractivity contribution < 1.29 is 14.1 Å². The molecule has 0 bridgehead atoms. The molecule has 0 saturated carbocycles. The van der Waals surface area contributed by atoms with E-state index in [1.807, 2.05) is 56.3 Å². The van der Waals surface area contributed by atoms with Gasteiger partial charge in [-0.25, -0.2) is 0 Å². The monoisotopic (exact) mass is 391 g/mol. The number of fused-ring (bicyclic) bond motifs is 1. The Hall–Kier alpha value is -3.41. The summed E-state index contributed by atoms with van der Waals surface area (Å²) in [5, 5.41) is 12.0. The van der Waals surface area contributed by atoms with Crippen LogP contribution in [0.1, 0.15) is 41.5 Å². The van der Waals surface area contributed by atoms with Crippen LogP contribution in [0.4, 0.5) is 0 Å². The first-order chi connectivity index (χ1) is 13.9. The number of hydrogen-bond donors (Lipinski definition) is 2. The molecule has 2 amide bonds. The maximum absolute atomic E-state index is 13.0. The van der Waals surface area contributed by atoms with Crippen molar-refractivity contribution in [3.05, 3.63) is 77.7 Å². The number of nitrogens with zero attached hydrogens (tertiary/aromatic N) is 1. The Bertz CT molecular complexity index is 1030. The largest absolute Gasteiger partial charge is 0.361 e. The van der Waals surface area contributed by atoms with Crippen molar-refractivity contribution in [2.24, 2.45) is 0 Å². The molecule has 2 aromatic carbocycles. The lowest BCUT2D eigenvalue weighted by atomic mass is 9.97. The fraction of sp³-hybridized carbons (Fsp3) is 0.261. The third-order valence-electron chi connectivity index (χ3n) is 5.07. The van der Waals surface area contributed by atoms with Gasteiger partial charge in [-0.1, -0.05) is 48.1 Å². The average Bonchev–Trinajstić information content (AvgIpc) is 3.07. The lowest BCUT2D eigenvalue weighted by molar-refractivity contribution is -0.123. The maximum atomic E-state index is 13.0. The number of amides is 2. The van der Waals surface area contributed by atoms with Crippen molar-refractivity contribution >= 4 is 22.6 Å². The van der Waals surface area contributed by atoms with E-state index >= 15 is 0 Å². The van der Waals surface area contributed by atoms with Crippen LogP contribution in [0.5, 0.6) is 0 Å². The Morgan fingerprint density at radius 3 is 2.55 bits per heavy atom. The Morgan fingerprint density at radius 2 is 1.90 bits per heavy atom. The molecule has 0 spiro atoms. The van der Waals surface area contributed by atoms with Crippen LogP contribution < -0.4 is 10.6 Å². The fourth-order valence-corrected chi connectivity index (χ4v) is 3.49. The molecule has 3 aromatic rings. The summed E-state index contributed by atoms with van der Waals surface area (Å²) in [6.45, 7) is 9.17. The van der Waals surface area contributed by atoms with E-state index in [2.05, 4.69) is 22.4 Å². The van der Waals surface area contributed by atoms with Gasteiger partial charge in [0.15, 0.2) is 0 Å². The van der Waals surface area contributed by atoms with Crippen LogP contribution in [0.15, 0.2) is 59.6 Å². The average molecular weight is 391 g/mol. The van der Waals surface area contributed by atoms with Crippen LogP contribution >= 0.6 is 0 Å². The summed E-state index contributed by atoms with van der Waals surface area (Å²) in [6.07, 6.45) is 1.21. The van der Waals surface area contributed by atoms with E-state index in [0.29, 0.717) is 11.5 Å². The highest BCUT2D eigenvalue weighted by atomic mass is 16.5. The molecule has 150 valence electrons. The van der Waals surface area contributed by atoms with Crippen molar-refractivity contribution in [3.63, 3.8) is 0 Å². The molecule has 0 aliphatic carbocycles. The molecule has 1 aromatic heterocycles. The van der Waals surface area contributed by atoms with Gasteiger partial charge >= 0.3 is 0 Å². The quantitative estimate of drug-likeness (QED) is 0.602. The van der Waals surface area contributed by atoms with Crippen LogP contribution in [0, 0.1) is 13.8 Å². The molecule has 6 nitrogen and oxygen atoms in total. The van der Waals surface area contributed by atoms with Gasteiger partial charge < -0.3 is 15.2 Å². The summed E-state index contributed by atoms with van der Waals surface area (Å²) in [4.78, 5) is 24.7. The zero-order chi connectivity index (χ0) is 21.0. The summed E-state index contributed by atoms with van der Waals surface area (Å²) in [6, 6.07) is 13.6. The van der Waals surface area contributed by atoms with Gasteiger partial charge in [-0.2, -0.15) is 0 Å². The highest BCUT2D eigenvalue weighted by Crippen LogP contribution is 2.25. The van der Waals surface area contributed by atoms with E-state index < -0.39 is 5.92 Å². The van der Waals surface area contributed by atoms with E-state index in [-0.39, 0.29) is 24.4 Å². The lowest BCUT2D eigenvalue weighted by Gasteiger charge is -2.22. The lowest BCUT2D eigenvalue weighted by Crippen LogP contribution is -2.39. The molecule has 0 aliphatic rings. The molecular weight excluding hydrogens is 366 g/mol. The number of aryl methyl sites for hydroxylation is 2. The molecule has 2 atom stereocenters. The first-order valence-electron chi connectivity index (χ1n) is 9.52. The number of aromatic nitrogens is 1. The Morgan fingerprint density at radius 1 is 1.17 bits per heavy atom. The molecular formula is C23H25N3O3. The molecule has 0 saturated heterocycles. The molecule has 6 heteroatoms. The molecule has 0 radical (unpaired) electrons. The first kappa shape index (κ1) is 20.3. The Balaban J connectivity index is 1.87. The number of rotatable bonds is 7. The minimum Gasteiger partial charge on any atom is -0.361 e. The minimum absolute atomic E-state index is 0.162. The maximum Gasteiger partial charge on any atom is 0.243 e. The van der Waals surface area contributed by atoms with Gasteiger partial charge in [0.2, 0.25) is 11.8 Å². The number of carbonyl (C=O) groups is 2. The van der Waals surface area contributed by atoms with E-state index in [1.54, 1.807) is 6.92 Å². The number of benzene rings is 2. The van der Waals surface area contributed by atoms with Gasteiger partial charge in [-0.15, -0.1) is 0 Å². The normalized spacial score (nSPS) is 12.9. The second kappa shape index (κ2) is 8.73. The highest BCUT2D eigenvalue weighted by Gasteiger charge is 2.25. The molecule has 1 heterocycles. The first-order valence-corrected chi connectivity index (χ1v) is 9.52. The minimum atomic E-state index is -0.431. The van der Waals surface area contributed by atoms with E-state index in [0.717, 1.165) is 21.9 Å². The molecule has 2 N–H and O–H groups in total. The number of carbonyl (C=O) groups excluding carboxylic acids is 2. The summed E-state index contributed by atoms with van der Waals surface area (Å²) in [7, 11) is 0. The van der Waals surface area contributed by atoms with Crippen molar-refractivity contribution in [1.82, 2.24) is 15.8 Å². The molecule has 2 unspecified atom stereocenters. The van der Waals surface area contributed by atoms with Gasteiger partial charge in [0.05, 0.1) is 17.7 Å². The number of hydrogen-bond acceptors (Lipinski definition) is 4. The van der Waals surface area contributed by atoms with E-state index in [4.69, 9.17) is 4.52 Å². The van der Waals surface area contributed by atoms with Crippen LogP contribution in [0.2, 0.25) is 0 Å². The summed E-state index contributed by atoms with van der Waals surface area (Å²) in [5.74, 6) is -0.249. The third kappa shape index (κ3) is 4.54. The van der Waals surface area contributed by atoms with Crippen LogP contribution in [0.25, 0.3) is 10.8 Å². The molecule has 0 fully saturated rings. The second-order valence-electron chi connectivity index (χ2n) is 7.08. The smallest absolute Gasteiger partial charge is 0.243 e. The van der Waals surface area contributed by atoms with Crippen LogP contribution in [0.3, 0.4) is 0 Å². The SMILES string of the molecule is C=CC(=O)NCC(NC(=O)C(C)c1c(C)noc1C)c1ccc2ccccc2c1. The van der Waals surface area contributed by atoms with Crippen molar-refractivity contribution in [1.29, 1.82) is 0 Å². The Kier molecular flexibility index (Phi) is 6.12. The van der Waals surface area contributed by atoms with E-state index in [9.17, 15) is 9.59 Å². The van der Waals surface area contributed by atoms with Gasteiger partial charge in [0.25, 0.3) is 0 Å². The van der Waals surface area contributed by atoms with Crippen molar-refractivity contribution in [3.8, 4) is 0 Å². The predicted octanol–water partition coefficient (Wildman–Crippen LogP) is 3.71. The third-order valence-corrected chi connectivity index (χ3v) is 5.07. The van der Waals surface area contributed by atoms with Gasteiger partial charge in [0.1, 0.15) is 5.76 Å². The second-order valence-corrected chi connectivity index (χ2v) is 7.08. The predicted molar refractivity (Wildman–Crippen MR) is 112 cm³/mol. The summed E-state index contributed by atoms with van der Waals surface area (Å²) < 4.78 is 5.20. The van der Waals surface area contributed by atoms with Gasteiger partial charge in [0, 0.05) is 12.1 Å². The fourth-order valence-electron chi connectivity index (χ4n) is 3.49. The van der Waals surface area contributed by atoms with E-state index in [1.165, 1.54) is 6.08 Å². The van der Waals surface area contributed by atoms with Gasteiger partial charge in [-0.05, 0) is 49.2 Å². The molecule has 29 heavy (non-hydrogen) atoms. The van der Waals surface area contributed by atoms with Crippen LogP contribution in [-0.2, 0) is 9.59 Å². The van der Waals surface area contributed by atoms with Gasteiger partial charge in [-0.3, -0.25) is 9.59 Å². The topological polar surface area (TPSA) is 84.2 Å². The summed E-state index contributed by atoms with van der Waals surface area (Å²) >= 11 is 0. The van der Waals surface area contributed by atoms with Crippen molar-refractivity contribution in [2.75, 3.05) is 6.54 Å². The van der Waals surface area contributed by atoms with Crippen LogP contribution in [-0.4, -0.2) is 23.5 Å². The highest BCUT2D eigenvalue weighted by molar-refractivity contribution is 5.87.